The maximum atomic E-state index is 9.54. The average molecular weight is 271 g/mol. The van der Waals surface area contributed by atoms with E-state index in [0.717, 1.165) is 22.2 Å². The molecule has 3 heteroatoms. The highest BCUT2D eigenvalue weighted by atomic mass is 79.9. The van der Waals surface area contributed by atoms with E-state index >= 15 is 0 Å². The summed E-state index contributed by atoms with van der Waals surface area (Å²) < 4.78 is 6.50. The molecule has 1 atom stereocenters. The molecule has 15 heavy (non-hydrogen) atoms. The molecule has 0 saturated heterocycles. The Labute approximate surface area is 98.7 Å². The van der Waals surface area contributed by atoms with E-state index in [1.165, 1.54) is 0 Å². The Morgan fingerprint density at radius 3 is 2.93 bits per heavy atom. The molecule has 0 amide bonds. The normalized spacial score (nSPS) is 12.2. The Morgan fingerprint density at radius 1 is 1.60 bits per heavy atom. The van der Waals surface area contributed by atoms with E-state index in [1.54, 1.807) is 13.0 Å². The number of halogens is 1. The summed E-state index contributed by atoms with van der Waals surface area (Å²) in [7, 11) is 0. The third-order valence-electron chi connectivity index (χ3n) is 2.01. The number of rotatable bonds is 5. The fourth-order valence-corrected chi connectivity index (χ4v) is 1.57. The van der Waals surface area contributed by atoms with Gasteiger partial charge in [-0.15, -0.1) is 6.58 Å². The Balaban J connectivity index is 2.82. The Bertz CT molecular complexity index is 334. The standard InChI is InChI=1S/C12H15BrO2/c1-3-4-7-15-12-8-10(13)5-6-11(12)9(2)14/h3,5-6,8-9,14H,1,4,7H2,2H3/t9-/m1/s1. The molecular weight excluding hydrogens is 256 g/mol. The highest BCUT2D eigenvalue weighted by Gasteiger charge is 2.09. The second kappa shape index (κ2) is 5.93. The Morgan fingerprint density at radius 2 is 2.33 bits per heavy atom. The van der Waals surface area contributed by atoms with Crippen molar-refractivity contribution in [1.82, 2.24) is 0 Å². The van der Waals surface area contributed by atoms with E-state index in [-0.39, 0.29) is 0 Å². The van der Waals surface area contributed by atoms with Crippen molar-refractivity contribution in [2.24, 2.45) is 0 Å². The fraction of sp³-hybridized carbons (Fsp3) is 0.333. The molecule has 1 aromatic carbocycles. The largest absolute Gasteiger partial charge is 0.493 e. The molecule has 0 aromatic heterocycles. The Hall–Kier alpha value is -0.800. The summed E-state index contributed by atoms with van der Waals surface area (Å²) in [5, 5.41) is 9.54. The zero-order valence-corrected chi connectivity index (χ0v) is 10.3. The summed E-state index contributed by atoms with van der Waals surface area (Å²) in [6.45, 7) is 5.94. The summed E-state index contributed by atoms with van der Waals surface area (Å²) in [6.07, 6.45) is 2.09. The van der Waals surface area contributed by atoms with Crippen molar-refractivity contribution in [1.29, 1.82) is 0 Å². The number of benzene rings is 1. The third kappa shape index (κ3) is 3.68. The van der Waals surface area contributed by atoms with Gasteiger partial charge in [0.2, 0.25) is 0 Å². The minimum atomic E-state index is -0.517. The lowest BCUT2D eigenvalue weighted by atomic mass is 10.1. The van der Waals surface area contributed by atoms with Crippen LogP contribution in [0.5, 0.6) is 5.75 Å². The van der Waals surface area contributed by atoms with E-state index in [4.69, 9.17) is 4.74 Å². The molecule has 0 aliphatic rings. The Kier molecular flexibility index (Phi) is 4.85. The van der Waals surface area contributed by atoms with Crippen molar-refractivity contribution in [3.05, 3.63) is 40.9 Å². The van der Waals surface area contributed by atoms with Gasteiger partial charge in [0.1, 0.15) is 5.75 Å². The third-order valence-corrected chi connectivity index (χ3v) is 2.50. The predicted molar refractivity (Wildman–Crippen MR) is 65.1 cm³/mol. The SMILES string of the molecule is C=CCCOc1cc(Br)ccc1[C@@H](C)O. The lowest BCUT2D eigenvalue weighted by Gasteiger charge is -2.13. The van der Waals surface area contributed by atoms with Crippen LogP contribution in [0.4, 0.5) is 0 Å². The van der Waals surface area contributed by atoms with Gasteiger partial charge in [-0.25, -0.2) is 0 Å². The number of aliphatic hydroxyl groups excluding tert-OH is 1. The van der Waals surface area contributed by atoms with Gasteiger partial charge in [0.15, 0.2) is 0 Å². The second-order valence-electron chi connectivity index (χ2n) is 3.28. The highest BCUT2D eigenvalue weighted by molar-refractivity contribution is 9.10. The van der Waals surface area contributed by atoms with Crippen LogP contribution in [0.3, 0.4) is 0 Å². The number of aliphatic hydroxyl groups is 1. The van der Waals surface area contributed by atoms with E-state index in [0.29, 0.717) is 6.61 Å². The zero-order valence-electron chi connectivity index (χ0n) is 8.74. The molecule has 1 rings (SSSR count). The van der Waals surface area contributed by atoms with Crippen LogP contribution >= 0.6 is 15.9 Å². The van der Waals surface area contributed by atoms with Crippen LogP contribution in [0.15, 0.2) is 35.3 Å². The molecule has 0 unspecified atom stereocenters. The monoisotopic (exact) mass is 270 g/mol. The molecule has 0 aliphatic heterocycles. The molecule has 0 radical (unpaired) electrons. The van der Waals surface area contributed by atoms with Gasteiger partial charge < -0.3 is 9.84 Å². The summed E-state index contributed by atoms with van der Waals surface area (Å²) in [5.41, 5.74) is 0.808. The van der Waals surface area contributed by atoms with Gasteiger partial charge >= 0.3 is 0 Å². The van der Waals surface area contributed by atoms with Crippen molar-refractivity contribution < 1.29 is 9.84 Å². The number of ether oxygens (including phenoxy) is 1. The van der Waals surface area contributed by atoms with Crippen molar-refractivity contribution in [3.8, 4) is 5.75 Å². The van der Waals surface area contributed by atoms with Crippen LogP contribution < -0.4 is 4.74 Å². The smallest absolute Gasteiger partial charge is 0.126 e. The van der Waals surface area contributed by atoms with Crippen LogP contribution in [-0.2, 0) is 0 Å². The van der Waals surface area contributed by atoms with Crippen LogP contribution in [0.2, 0.25) is 0 Å². The van der Waals surface area contributed by atoms with Gasteiger partial charge in [-0.05, 0) is 25.5 Å². The van der Waals surface area contributed by atoms with Gasteiger partial charge in [-0.3, -0.25) is 0 Å². The summed E-state index contributed by atoms with van der Waals surface area (Å²) in [4.78, 5) is 0. The lowest BCUT2D eigenvalue weighted by molar-refractivity contribution is 0.191. The number of hydrogen-bond acceptors (Lipinski definition) is 2. The van der Waals surface area contributed by atoms with Crippen LogP contribution in [0.1, 0.15) is 25.0 Å². The molecule has 0 fully saturated rings. The van der Waals surface area contributed by atoms with E-state index in [9.17, 15) is 5.11 Å². The summed E-state index contributed by atoms with van der Waals surface area (Å²) in [5.74, 6) is 0.723. The molecule has 2 nitrogen and oxygen atoms in total. The maximum Gasteiger partial charge on any atom is 0.126 e. The highest BCUT2D eigenvalue weighted by Crippen LogP contribution is 2.28. The minimum absolute atomic E-state index is 0.517. The van der Waals surface area contributed by atoms with Crippen molar-refractivity contribution >= 4 is 15.9 Å². The van der Waals surface area contributed by atoms with Gasteiger partial charge in [-0.2, -0.15) is 0 Å². The van der Waals surface area contributed by atoms with Crippen molar-refractivity contribution in [2.75, 3.05) is 6.61 Å². The van der Waals surface area contributed by atoms with Crippen molar-refractivity contribution in [3.63, 3.8) is 0 Å². The van der Waals surface area contributed by atoms with Gasteiger partial charge in [0.05, 0.1) is 12.7 Å². The fourth-order valence-electron chi connectivity index (χ4n) is 1.23. The van der Waals surface area contributed by atoms with Crippen LogP contribution in [0, 0.1) is 0 Å². The molecule has 0 aliphatic carbocycles. The summed E-state index contributed by atoms with van der Waals surface area (Å²) >= 11 is 3.37. The first-order chi connectivity index (χ1) is 7.15. The number of hydrogen-bond donors (Lipinski definition) is 1. The first kappa shape index (κ1) is 12.3. The molecule has 1 N–H and O–H groups in total. The molecule has 0 saturated carbocycles. The van der Waals surface area contributed by atoms with Crippen LogP contribution in [-0.4, -0.2) is 11.7 Å². The van der Waals surface area contributed by atoms with Crippen molar-refractivity contribution in [2.45, 2.75) is 19.4 Å². The molecule has 1 aromatic rings. The minimum Gasteiger partial charge on any atom is -0.493 e. The summed E-state index contributed by atoms with van der Waals surface area (Å²) in [6, 6.07) is 5.62. The quantitative estimate of drug-likeness (QED) is 0.656. The van der Waals surface area contributed by atoms with E-state index < -0.39 is 6.10 Å². The van der Waals surface area contributed by atoms with E-state index in [1.807, 2.05) is 18.2 Å². The molecular formula is C12H15BrO2. The zero-order chi connectivity index (χ0) is 11.3. The molecule has 0 spiro atoms. The molecule has 0 bridgehead atoms. The van der Waals surface area contributed by atoms with Gasteiger partial charge in [0, 0.05) is 10.0 Å². The van der Waals surface area contributed by atoms with E-state index in [2.05, 4.69) is 22.5 Å². The predicted octanol–water partition coefficient (Wildman–Crippen LogP) is 3.46. The second-order valence-corrected chi connectivity index (χ2v) is 4.20. The average Bonchev–Trinajstić information content (AvgIpc) is 2.18. The molecule has 0 heterocycles. The van der Waals surface area contributed by atoms with Gasteiger partial charge in [0.25, 0.3) is 0 Å². The first-order valence-electron chi connectivity index (χ1n) is 4.86. The topological polar surface area (TPSA) is 29.5 Å². The lowest BCUT2D eigenvalue weighted by Crippen LogP contribution is -2.01. The van der Waals surface area contributed by atoms with Gasteiger partial charge in [-0.1, -0.05) is 28.1 Å². The molecule has 82 valence electrons. The maximum absolute atomic E-state index is 9.54. The first-order valence-corrected chi connectivity index (χ1v) is 5.65. The van der Waals surface area contributed by atoms with Crippen LogP contribution in [0.25, 0.3) is 0 Å².